The van der Waals surface area contributed by atoms with Crippen molar-refractivity contribution < 1.29 is 0 Å². The summed E-state index contributed by atoms with van der Waals surface area (Å²) in [6.45, 7) is 2.94. The summed E-state index contributed by atoms with van der Waals surface area (Å²) < 4.78 is 3.83. The van der Waals surface area contributed by atoms with Gasteiger partial charge in [-0.3, -0.25) is 14.4 Å². The molecule has 0 amide bonds. The second kappa shape index (κ2) is 7.55. The summed E-state index contributed by atoms with van der Waals surface area (Å²) in [6, 6.07) is 15.6. The van der Waals surface area contributed by atoms with E-state index in [0.717, 1.165) is 41.4 Å². The van der Waals surface area contributed by atoms with Crippen molar-refractivity contribution in [2.24, 2.45) is 7.05 Å². The molecule has 0 unspecified atom stereocenters. The smallest absolute Gasteiger partial charge is 0.271 e. The van der Waals surface area contributed by atoms with Gasteiger partial charge in [-0.05, 0) is 35.4 Å². The molecule has 4 rings (SSSR count). The zero-order valence-electron chi connectivity index (χ0n) is 15.2. The Labute approximate surface area is 168 Å². The third-order valence-electron chi connectivity index (χ3n) is 5.18. The molecule has 4 nitrogen and oxygen atoms in total. The van der Waals surface area contributed by atoms with Crippen LogP contribution in [-0.2, 0) is 33.1 Å². The van der Waals surface area contributed by atoms with Crippen molar-refractivity contribution in [2.75, 3.05) is 6.54 Å². The van der Waals surface area contributed by atoms with Crippen molar-refractivity contribution in [3.63, 3.8) is 0 Å². The number of halogens is 2. The predicted molar refractivity (Wildman–Crippen MR) is 109 cm³/mol. The SMILES string of the molecule is Cn1c2c(c(=O)n1Cc1ccc(Cl)cc1)CN(Cc1cccc(Cl)c1)CC2. The molecular formula is C21H21Cl2N3O. The summed E-state index contributed by atoms with van der Waals surface area (Å²) in [5.74, 6) is 0. The average Bonchev–Trinajstić information content (AvgIpc) is 2.88. The molecule has 1 aromatic heterocycles. The number of aromatic nitrogens is 2. The van der Waals surface area contributed by atoms with Crippen molar-refractivity contribution in [3.05, 3.63) is 91.3 Å². The molecule has 0 saturated heterocycles. The van der Waals surface area contributed by atoms with Gasteiger partial charge in [-0.15, -0.1) is 0 Å². The fraction of sp³-hybridized carbons (Fsp3) is 0.286. The first-order chi connectivity index (χ1) is 13.0. The van der Waals surface area contributed by atoms with E-state index in [4.69, 9.17) is 23.2 Å². The topological polar surface area (TPSA) is 30.2 Å². The predicted octanol–water partition coefficient (Wildman–Crippen LogP) is 4.10. The number of rotatable bonds is 4. The van der Waals surface area contributed by atoms with Gasteiger partial charge in [0.05, 0.1) is 12.1 Å². The Kier molecular flexibility index (Phi) is 5.13. The largest absolute Gasteiger partial charge is 0.294 e. The summed E-state index contributed by atoms with van der Waals surface area (Å²) in [5, 5.41) is 1.45. The average molecular weight is 402 g/mol. The molecular weight excluding hydrogens is 381 g/mol. The second-order valence-corrected chi connectivity index (χ2v) is 7.90. The van der Waals surface area contributed by atoms with Crippen LogP contribution in [0.25, 0.3) is 0 Å². The molecule has 1 aliphatic rings. The molecule has 0 aliphatic carbocycles. The number of hydrogen-bond acceptors (Lipinski definition) is 2. The Morgan fingerprint density at radius 3 is 2.48 bits per heavy atom. The van der Waals surface area contributed by atoms with Crippen LogP contribution in [0.15, 0.2) is 53.3 Å². The zero-order chi connectivity index (χ0) is 19.0. The molecule has 3 aromatic rings. The van der Waals surface area contributed by atoms with E-state index in [9.17, 15) is 4.79 Å². The summed E-state index contributed by atoms with van der Waals surface area (Å²) in [6.07, 6.45) is 0.870. The Morgan fingerprint density at radius 2 is 1.74 bits per heavy atom. The van der Waals surface area contributed by atoms with Gasteiger partial charge >= 0.3 is 0 Å². The van der Waals surface area contributed by atoms with Crippen LogP contribution in [0, 0.1) is 0 Å². The van der Waals surface area contributed by atoms with E-state index in [1.54, 1.807) is 0 Å². The van der Waals surface area contributed by atoms with Crippen molar-refractivity contribution in [3.8, 4) is 0 Å². The highest BCUT2D eigenvalue weighted by Crippen LogP contribution is 2.20. The van der Waals surface area contributed by atoms with Gasteiger partial charge in [0.25, 0.3) is 5.56 Å². The number of hydrogen-bond donors (Lipinski definition) is 0. The monoisotopic (exact) mass is 401 g/mol. The molecule has 0 bridgehead atoms. The third kappa shape index (κ3) is 3.84. The Balaban J connectivity index is 1.57. The van der Waals surface area contributed by atoms with Gasteiger partial charge in [0.2, 0.25) is 0 Å². The Morgan fingerprint density at radius 1 is 0.963 bits per heavy atom. The lowest BCUT2D eigenvalue weighted by Gasteiger charge is -2.26. The van der Waals surface area contributed by atoms with Gasteiger partial charge in [0.1, 0.15) is 0 Å². The Hall–Kier alpha value is -2.01. The zero-order valence-corrected chi connectivity index (χ0v) is 16.7. The summed E-state index contributed by atoms with van der Waals surface area (Å²) in [7, 11) is 1.97. The lowest BCUT2D eigenvalue weighted by atomic mass is 10.1. The fourth-order valence-electron chi connectivity index (χ4n) is 3.76. The van der Waals surface area contributed by atoms with Crippen molar-refractivity contribution in [1.82, 2.24) is 14.3 Å². The number of fused-ring (bicyclic) bond motifs is 1. The quantitative estimate of drug-likeness (QED) is 0.658. The normalized spacial score (nSPS) is 14.3. The molecule has 6 heteroatoms. The highest BCUT2D eigenvalue weighted by Gasteiger charge is 2.25. The molecule has 2 heterocycles. The highest BCUT2D eigenvalue weighted by molar-refractivity contribution is 6.30. The third-order valence-corrected chi connectivity index (χ3v) is 5.67. The van der Waals surface area contributed by atoms with E-state index in [-0.39, 0.29) is 5.56 Å². The maximum absolute atomic E-state index is 13.0. The fourth-order valence-corrected chi connectivity index (χ4v) is 4.10. The van der Waals surface area contributed by atoms with Gasteiger partial charge < -0.3 is 0 Å². The number of benzene rings is 2. The molecule has 0 atom stereocenters. The van der Waals surface area contributed by atoms with E-state index in [0.29, 0.717) is 18.1 Å². The van der Waals surface area contributed by atoms with E-state index >= 15 is 0 Å². The summed E-state index contributed by atoms with van der Waals surface area (Å²) in [4.78, 5) is 15.3. The standard InChI is InChI=1S/C21H21Cl2N3O/c1-24-20-9-10-25(12-16-3-2-4-18(23)11-16)14-19(20)21(27)26(24)13-15-5-7-17(22)8-6-15/h2-8,11H,9-10,12-14H2,1H3. The maximum atomic E-state index is 13.0. The molecule has 0 saturated carbocycles. The number of nitrogens with zero attached hydrogens (tertiary/aromatic N) is 3. The molecule has 0 radical (unpaired) electrons. The van der Waals surface area contributed by atoms with Crippen LogP contribution in [0.2, 0.25) is 10.0 Å². The molecule has 0 N–H and O–H groups in total. The minimum Gasteiger partial charge on any atom is -0.294 e. The van der Waals surface area contributed by atoms with Gasteiger partial charge in [-0.2, -0.15) is 0 Å². The van der Waals surface area contributed by atoms with Gasteiger partial charge in [0, 0.05) is 48.8 Å². The van der Waals surface area contributed by atoms with Gasteiger partial charge in [-0.25, -0.2) is 4.68 Å². The summed E-state index contributed by atoms with van der Waals surface area (Å²) >= 11 is 12.1. The molecule has 2 aromatic carbocycles. The van der Waals surface area contributed by atoms with Crippen LogP contribution < -0.4 is 5.56 Å². The van der Waals surface area contributed by atoms with Crippen LogP contribution in [0.5, 0.6) is 0 Å². The van der Waals surface area contributed by atoms with Crippen LogP contribution in [0.1, 0.15) is 22.4 Å². The lowest BCUT2D eigenvalue weighted by molar-refractivity contribution is 0.242. The minimum absolute atomic E-state index is 0.0956. The molecule has 27 heavy (non-hydrogen) atoms. The van der Waals surface area contributed by atoms with Gasteiger partial charge in [-0.1, -0.05) is 47.5 Å². The minimum atomic E-state index is 0.0956. The highest BCUT2D eigenvalue weighted by atomic mass is 35.5. The Bertz CT molecular complexity index is 1020. The first kappa shape index (κ1) is 18.4. The maximum Gasteiger partial charge on any atom is 0.271 e. The van der Waals surface area contributed by atoms with E-state index in [1.165, 1.54) is 5.56 Å². The van der Waals surface area contributed by atoms with Crippen molar-refractivity contribution in [2.45, 2.75) is 26.1 Å². The summed E-state index contributed by atoms with van der Waals surface area (Å²) in [5.41, 5.74) is 4.37. The lowest BCUT2D eigenvalue weighted by Crippen LogP contribution is -2.32. The first-order valence-corrected chi connectivity index (χ1v) is 9.75. The molecule has 1 aliphatic heterocycles. The van der Waals surface area contributed by atoms with E-state index in [1.807, 2.05) is 58.9 Å². The van der Waals surface area contributed by atoms with Crippen molar-refractivity contribution in [1.29, 1.82) is 0 Å². The van der Waals surface area contributed by atoms with Crippen LogP contribution >= 0.6 is 23.2 Å². The van der Waals surface area contributed by atoms with Gasteiger partial charge in [0.15, 0.2) is 0 Å². The van der Waals surface area contributed by atoms with E-state index < -0.39 is 0 Å². The van der Waals surface area contributed by atoms with Crippen molar-refractivity contribution >= 4 is 23.2 Å². The van der Waals surface area contributed by atoms with Crippen LogP contribution in [-0.4, -0.2) is 20.8 Å². The molecule has 0 fully saturated rings. The molecule has 0 spiro atoms. The first-order valence-electron chi connectivity index (χ1n) is 9.00. The second-order valence-electron chi connectivity index (χ2n) is 7.03. The molecule has 140 valence electrons. The van der Waals surface area contributed by atoms with Crippen LogP contribution in [0.4, 0.5) is 0 Å². The van der Waals surface area contributed by atoms with E-state index in [2.05, 4.69) is 11.0 Å². The van der Waals surface area contributed by atoms with Crippen LogP contribution in [0.3, 0.4) is 0 Å².